The highest BCUT2D eigenvalue weighted by molar-refractivity contribution is 5.87. The quantitative estimate of drug-likeness (QED) is 0.803. The van der Waals surface area contributed by atoms with Crippen molar-refractivity contribution in [3.8, 4) is 5.75 Å². The Morgan fingerprint density at radius 3 is 2.88 bits per heavy atom. The van der Waals surface area contributed by atoms with E-state index in [1.807, 2.05) is 18.2 Å². The Labute approximate surface area is 93.9 Å². The minimum atomic E-state index is -0.0141. The molecule has 0 unspecified atom stereocenters. The van der Waals surface area contributed by atoms with E-state index in [2.05, 4.69) is 4.98 Å². The highest BCUT2D eigenvalue weighted by Gasteiger charge is 2.38. The van der Waals surface area contributed by atoms with Crippen LogP contribution in [0.25, 0.3) is 10.9 Å². The van der Waals surface area contributed by atoms with Crippen molar-refractivity contribution in [1.82, 2.24) is 4.98 Å². The molecule has 1 fully saturated rings. The van der Waals surface area contributed by atoms with E-state index >= 15 is 0 Å². The van der Waals surface area contributed by atoms with Crippen molar-refractivity contribution in [2.75, 3.05) is 0 Å². The summed E-state index contributed by atoms with van der Waals surface area (Å²) in [6, 6.07) is 7.53. The summed E-state index contributed by atoms with van der Waals surface area (Å²) in [6.07, 6.45) is 4.75. The van der Waals surface area contributed by atoms with Gasteiger partial charge in [-0.15, -0.1) is 0 Å². The molecule has 3 heteroatoms. The summed E-state index contributed by atoms with van der Waals surface area (Å²) in [5.74, 6) is 0.237. The Bertz CT molecular complexity index is 547. The molecular weight excluding hydrogens is 200 g/mol. The van der Waals surface area contributed by atoms with Crippen LogP contribution in [0.2, 0.25) is 0 Å². The number of pyridine rings is 1. The van der Waals surface area contributed by atoms with Crippen molar-refractivity contribution in [2.24, 2.45) is 5.73 Å². The number of fused-ring (bicyclic) bond motifs is 1. The number of aromatic nitrogens is 1. The lowest BCUT2D eigenvalue weighted by molar-refractivity contribution is 0.480. The molecule has 1 aromatic carbocycles. The van der Waals surface area contributed by atoms with E-state index in [4.69, 9.17) is 5.73 Å². The van der Waals surface area contributed by atoms with E-state index in [0.717, 1.165) is 24.6 Å². The van der Waals surface area contributed by atoms with E-state index in [-0.39, 0.29) is 11.3 Å². The van der Waals surface area contributed by atoms with Gasteiger partial charge in [0.15, 0.2) is 0 Å². The van der Waals surface area contributed by atoms with Gasteiger partial charge in [-0.1, -0.05) is 12.1 Å². The van der Waals surface area contributed by atoms with Crippen LogP contribution in [-0.2, 0) is 6.42 Å². The Morgan fingerprint density at radius 2 is 2.12 bits per heavy atom. The molecule has 0 aliphatic heterocycles. The second-order valence-electron chi connectivity index (χ2n) is 4.68. The molecule has 0 spiro atoms. The van der Waals surface area contributed by atoms with Gasteiger partial charge in [0.25, 0.3) is 0 Å². The first-order chi connectivity index (χ1) is 7.68. The molecule has 16 heavy (non-hydrogen) atoms. The summed E-state index contributed by atoms with van der Waals surface area (Å²) in [6.45, 7) is 0. The SMILES string of the molecule is NC1(Cc2ccc(O)c3ncccc23)CC1. The number of hydrogen-bond acceptors (Lipinski definition) is 3. The van der Waals surface area contributed by atoms with Gasteiger partial charge in [0.1, 0.15) is 11.3 Å². The van der Waals surface area contributed by atoms with Crippen LogP contribution in [0.5, 0.6) is 5.75 Å². The Morgan fingerprint density at radius 1 is 1.31 bits per heavy atom. The summed E-state index contributed by atoms with van der Waals surface area (Å²) in [5.41, 5.74) is 7.96. The fourth-order valence-electron chi connectivity index (χ4n) is 2.09. The molecule has 0 atom stereocenters. The zero-order valence-corrected chi connectivity index (χ0v) is 8.98. The fourth-order valence-corrected chi connectivity index (χ4v) is 2.09. The van der Waals surface area contributed by atoms with Crippen molar-refractivity contribution in [1.29, 1.82) is 0 Å². The molecule has 1 aliphatic rings. The van der Waals surface area contributed by atoms with E-state index < -0.39 is 0 Å². The van der Waals surface area contributed by atoms with Crippen molar-refractivity contribution < 1.29 is 5.11 Å². The third kappa shape index (κ3) is 1.53. The molecule has 3 nitrogen and oxygen atoms in total. The van der Waals surface area contributed by atoms with Crippen LogP contribution in [0.15, 0.2) is 30.5 Å². The topological polar surface area (TPSA) is 59.1 Å². The number of benzene rings is 1. The normalized spacial score (nSPS) is 17.6. The summed E-state index contributed by atoms with van der Waals surface area (Å²) in [5, 5.41) is 10.7. The highest BCUT2D eigenvalue weighted by Crippen LogP contribution is 2.38. The standard InChI is InChI=1S/C13H14N2O/c14-13(5-6-13)8-9-3-4-11(16)12-10(9)2-1-7-15-12/h1-4,7,16H,5-6,8,14H2. The zero-order chi connectivity index (χ0) is 11.2. The summed E-state index contributed by atoms with van der Waals surface area (Å²) in [7, 11) is 0. The number of phenols is 1. The lowest BCUT2D eigenvalue weighted by Gasteiger charge is -2.11. The maximum absolute atomic E-state index is 9.72. The minimum absolute atomic E-state index is 0.0141. The van der Waals surface area contributed by atoms with Gasteiger partial charge >= 0.3 is 0 Å². The molecule has 82 valence electrons. The van der Waals surface area contributed by atoms with Crippen LogP contribution in [0, 0.1) is 0 Å². The molecule has 1 aromatic heterocycles. The van der Waals surface area contributed by atoms with Crippen LogP contribution in [-0.4, -0.2) is 15.6 Å². The van der Waals surface area contributed by atoms with E-state index in [1.165, 1.54) is 5.56 Å². The summed E-state index contributed by atoms with van der Waals surface area (Å²) in [4.78, 5) is 4.20. The average Bonchev–Trinajstić information content (AvgIpc) is 3.01. The first-order valence-corrected chi connectivity index (χ1v) is 5.52. The number of rotatable bonds is 2. The molecule has 0 bridgehead atoms. The van der Waals surface area contributed by atoms with E-state index in [9.17, 15) is 5.11 Å². The van der Waals surface area contributed by atoms with Crippen molar-refractivity contribution in [3.05, 3.63) is 36.0 Å². The second-order valence-corrected chi connectivity index (χ2v) is 4.68. The van der Waals surface area contributed by atoms with Gasteiger partial charge in [-0.3, -0.25) is 4.98 Å². The third-order valence-electron chi connectivity index (χ3n) is 3.27. The Hall–Kier alpha value is -1.61. The average molecular weight is 214 g/mol. The monoisotopic (exact) mass is 214 g/mol. The van der Waals surface area contributed by atoms with Crippen molar-refractivity contribution in [3.63, 3.8) is 0 Å². The lowest BCUT2D eigenvalue weighted by Crippen LogP contribution is -2.24. The van der Waals surface area contributed by atoms with Gasteiger partial charge in [0, 0.05) is 17.1 Å². The fraction of sp³-hybridized carbons (Fsp3) is 0.308. The summed E-state index contributed by atoms with van der Waals surface area (Å²) < 4.78 is 0. The second kappa shape index (κ2) is 3.19. The molecule has 0 amide bonds. The van der Waals surface area contributed by atoms with Crippen molar-refractivity contribution in [2.45, 2.75) is 24.8 Å². The van der Waals surface area contributed by atoms with Gasteiger partial charge in [0.05, 0.1) is 0 Å². The van der Waals surface area contributed by atoms with Gasteiger partial charge in [-0.2, -0.15) is 0 Å². The molecule has 1 saturated carbocycles. The first-order valence-electron chi connectivity index (χ1n) is 5.52. The molecule has 1 aliphatic carbocycles. The number of aromatic hydroxyl groups is 1. The zero-order valence-electron chi connectivity index (χ0n) is 8.98. The minimum Gasteiger partial charge on any atom is -0.506 e. The molecule has 1 heterocycles. The van der Waals surface area contributed by atoms with E-state index in [0.29, 0.717) is 5.52 Å². The predicted octanol–water partition coefficient (Wildman–Crippen LogP) is 1.97. The van der Waals surface area contributed by atoms with E-state index in [1.54, 1.807) is 12.3 Å². The smallest absolute Gasteiger partial charge is 0.141 e. The van der Waals surface area contributed by atoms with Crippen LogP contribution in [0.3, 0.4) is 0 Å². The molecule has 3 rings (SSSR count). The Balaban J connectivity index is 2.14. The predicted molar refractivity (Wildman–Crippen MR) is 63.3 cm³/mol. The molecule has 2 aromatic rings. The van der Waals surface area contributed by atoms with Crippen molar-refractivity contribution >= 4 is 10.9 Å². The third-order valence-corrected chi connectivity index (χ3v) is 3.27. The maximum Gasteiger partial charge on any atom is 0.141 e. The number of nitrogens with zero attached hydrogens (tertiary/aromatic N) is 1. The van der Waals surface area contributed by atoms with Gasteiger partial charge < -0.3 is 10.8 Å². The molecular formula is C13H14N2O. The van der Waals surface area contributed by atoms with Crippen LogP contribution in [0.4, 0.5) is 0 Å². The van der Waals surface area contributed by atoms with Gasteiger partial charge in [-0.25, -0.2) is 0 Å². The molecule has 0 radical (unpaired) electrons. The number of nitrogens with two attached hydrogens (primary N) is 1. The lowest BCUT2D eigenvalue weighted by atomic mass is 10.00. The molecule has 3 N–H and O–H groups in total. The molecule has 0 saturated heterocycles. The number of phenolic OH excluding ortho intramolecular Hbond substituents is 1. The first kappa shape index (κ1) is 9.60. The van der Waals surface area contributed by atoms with Gasteiger partial charge in [0.2, 0.25) is 0 Å². The van der Waals surface area contributed by atoms with Crippen LogP contribution >= 0.6 is 0 Å². The Kier molecular flexibility index (Phi) is 1.91. The van der Waals surface area contributed by atoms with Crippen LogP contribution in [0.1, 0.15) is 18.4 Å². The highest BCUT2D eigenvalue weighted by atomic mass is 16.3. The van der Waals surface area contributed by atoms with Crippen LogP contribution < -0.4 is 5.73 Å². The largest absolute Gasteiger partial charge is 0.506 e. The van der Waals surface area contributed by atoms with Gasteiger partial charge in [-0.05, 0) is 37.0 Å². The maximum atomic E-state index is 9.72. The number of hydrogen-bond donors (Lipinski definition) is 2. The summed E-state index contributed by atoms with van der Waals surface area (Å²) >= 11 is 0.